The summed E-state index contributed by atoms with van der Waals surface area (Å²) in [5.74, 6) is 0.380. The number of hydrazone groups is 1. The summed E-state index contributed by atoms with van der Waals surface area (Å²) in [6, 6.07) is 5.15. The predicted octanol–water partition coefficient (Wildman–Crippen LogP) is 4.69. The van der Waals surface area contributed by atoms with Crippen molar-refractivity contribution in [2.24, 2.45) is 21.0 Å². The number of nitrogens with two attached hydrogens (primary N) is 1. The molecule has 9 nitrogen and oxygen atoms in total. The van der Waals surface area contributed by atoms with Crippen LogP contribution in [0, 0.1) is 12.3 Å². The van der Waals surface area contributed by atoms with E-state index in [-0.39, 0.29) is 11.5 Å². The molecule has 1 aliphatic rings. The molecule has 9 heteroatoms. The Balaban J connectivity index is 2.30. The topological polar surface area (TPSA) is 135 Å². The van der Waals surface area contributed by atoms with Gasteiger partial charge in [-0.15, -0.1) is 5.10 Å². The second kappa shape index (κ2) is 12.3. The lowest BCUT2D eigenvalue weighted by Gasteiger charge is -2.08. The molecule has 0 heterocycles. The van der Waals surface area contributed by atoms with Crippen LogP contribution in [0.2, 0.25) is 0 Å². The predicted molar refractivity (Wildman–Crippen MR) is 142 cm³/mol. The van der Waals surface area contributed by atoms with E-state index in [2.05, 4.69) is 27.3 Å². The summed E-state index contributed by atoms with van der Waals surface area (Å²) < 4.78 is 10.5. The summed E-state index contributed by atoms with van der Waals surface area (Å²) in [5.41, 5.74) is 14.3. The number of amides is 1. The highest BCUT2D eigenvalue weighted by Gasteiger charge is 2.14. The molecule has 2 rings (SSSR count). The largest absolute Gasteiger partial charge is 0.495 e. The van der Waals surface area contributed by atoms with Gasteiger partial charge in [-0.1, -0.05) is 6.58 Å². The Hall–Kier alpha value is -4.27. The van der Waals surface area contributed by atoms with Crippen LogP contribution < -0.4 is 11.2 Å². The van der Waals surface area contributed by atoms with Gasteiger partial charge in [0.1, 0.15) is 17.2 Å². The Morgan fingerprint density at radius 2 is 1.97 bits per heavy atom. The number of primary amides is 1. The Morgan fingerprint density at radius 1 is 1.26 bits per heavy atom. The Kier molecular flexibility index (Phi) is 9.45. The molecule has 0 radical (unpaired) electrons. The van der Waals surface area contributed by atoms with Crippen molar-refractivity contribution < 1.29 is 14.3 Å². The molecule has 35 heavy (non-hydrogen) atoms. The molecular formula is C26H32N6O3. The molecular weight excluding hydrogens is 444 g/mol. The van der Waals surface area contributed by atoms with Gasteiger partial charge in [-0.3, -0.25) is 15.6 Å². The molecule has 0 aliphatic heterocycles. The maximum atomic E-state index is 11.4. The molecule has 0 fully saturated rings. The molecule has 0 atom stereocenters. The quantitative estimate of drug-likeness (QED) is 0.271. The van der Waals surface area contributed by atoms with Crippen LogP contribution in [0.3, 0.4) is 0 Å². The summed E-state index contributed by atoms with van der Waals surface area (Å²) in [4.78, 5) is 11.4. The van der Waals surface area contributed by atoms with Gasteiger partial charge in [-0.25, -0.2) is 0 Å². The number of carbonyl (C=O) groups is 1. The highest BCUT2D eigenvalue weighted by atomic mass is 16.5. The fraction of sp³-hybridized carbons (Fsp3) is 0.269. The van der Waals surface area contributed by atoms with Crippen molar-refractivity contribution in [3.8, 4) is 0 Å². The molecule has 1 aliphatic carbocycles. The number of ether oxygens (including phenoxy) is 2. The van der Waals surface area contributed by atoms with Crippen molar-refractivity contribution in [3.63, 3.8) is 0 Å². The van der Waals surface area contributed by atoms with E-state index in [4.69, 9.17) is 20.6 Å². The van der Waals surface area contributed by atoms with Gasteiger partial charge < -0.3 is 15.2 Å². The third-order valence-electron chi connectivity index (χ3n) is 5.37. The van der Waals surface area contributed by atoms with E-state index in [0.717, 1.165) is 28.1 Å². The minimum absolute atomic E-state index is 0.169. The highest BCUT2D eigenvalue weighted by molar-refractivity contribution is 6.16. The van der Waals surface area contributed by atoms with E-state index in [1.54, 1.807) is 31.4 Å². The molecule has 0 unspecified atom stereocenters. The maximum absolute atomic E-state index is 11.4. The Morgan fingerprint density at radius 3 is 2.57 bits per heavy atom. The zero-order chi connectivity index (χ0) is 26.1. The lowest BCUT2D eigenvalue weighted by atomic mass is 10.1. The molecule has 0 saturated carbocycles. The van der Waals surface area contributed by atoms with Gasteiger partial charge in [0, 0.05) is 12.0 Å². The van der Waals surface area contributed by atoms with Gasteiger partial charge in [-0.2, -0.15) is 10.2 Å². The van der Waals surface area contributed by atoms with Crippen LogP contribution >= 0.6 is 0 Å². The molecule has 1 aromatic rings. The number of carbonyl (C=O) groups excluding carboxylic acids is 1. The second-order valence-corrected chi connectivity index (χ2v) is 7.91. The minimum atomic E-state index is -0.472. The van der Waals surface area contributed by atoms with Gasteiger partial charge in [0.2, 0.25) is 5.91 Å². The average Bonchev–Trinajstić information content (AvgIpc) is 2.98. The number of nitrogens with zero attached hydrogens (tertiary/aromatic N) is 3. The summed E-state index contributed by atoms with van der Waals surface area (Å²) in [7, 11) is 3.05. The van der Waals surface area contributed by atoms with Crippen LogP contribution in [0.15, 0.2) is 81.0 Å². The average molecular weight is 477 g/mol. The first-order valence-electron chi connectivity index (χ1n) is 10.9. The van der Waals surface area contributed by atoms with Crippen molar-refractivity contribution >= 4 is 34.4 Å². The van der Waals surface area contributed by atoms with Gasteiger partial charge in [-0.05, 0) is 80.8 Å². The van der Waals surface area contributed by atoms with Crippen molar-refractivity contribution in [2.75, 3.05) is 19.6 Å². The van der Waals surface area contributed by atoms with Crippen molar-refractivity contribution in [3.05, 3.63) is 76.8 Å². The van der Waals surface area contributed by atoms with Crippen LogP contribution in [0.5, 0.6) is 0 Å². The van der Waals surface area contributed by atoms with Crippen LogP contribution in [0.25, 0.3) is 0 Å². The number of anilines is 1. The van der Waals surface area contributed by atoms with Gasteiger partial charge in [0.05, 0.1) is 37.0 Å². The number of allylic oxidation sites excluding steroid dienone is 5. The third kappa shape index (κ3) is 7.36. The van der Waals surface area contributed by atoms with Crippen LogP contribution in [0.1, 0.15) is 43.1 Å². The number of hydrogen-bond donors (Lipinski definition) is 3. The fourth-order valence-corrected chi connectivity index (χ4v) is 3.00. The number of aryl methyl sites for hydroxylation is 1. The number of hydrogen-bond acceptors (Lipinski definition) is 8. The van der Waals surface area contributed by atoms with E-state index >= 15 is 0 Å². The smallest absolute Gasteiger partial charge is 0.248 e. The lowest BCUT2D eigenvalue weighted by Crippen LogP contribution is -2.11. The molecule has 0 bridgehead atoms. The molecule has 0 spiro atoms. The number of methoxy groups -OCH3 is 2. The highest BCUT2D eigenvalue weighted by Crippen LogP contribution is 2.19. The Labute approximate surface area is 206 Å². The van der Waals surface area contributed by atoms with Crippen LogP contribution in [-0.2, 0) is 9.47 Å². The number of benzene rings is 1. The van der Waals surface area contributed by atoms with Gasteiger partial charge in [0.25, 0.3) is 0 Å². The monoisotopic (exact) mass is 476 g/mol. The SMILES string of the molecule is C=C(OC)C(=N)C=C(C)C(C)=NN=C1C=C(C)C(=NNc2ccc(C(N)=O)cc2C)CC=C1OC. The first kappa shape index (κ1) is 27.0. The molecule has 0 aromatic heterocycles. The van der Waals surface area contributed by atoms with Crippen LogP contribution in [-0.4, -0.2) is 43.0 Å². The Bertz CT molecular complexity index is 1220. The van der Waals surface area contributed by atoms with Crippen molar-refractivity contribution in [1.82, 2.24) is 0 Å². The summed E-state index contributed by atoms with van der Waals surface area (Å²) in [5, 5.41) is 21.2. The first-order chi connectivity index (χ1) is 16.6. The summed E-state index contributed by atoms with van der Waals surface area (Å²) >= 11 is 0. The summed E-state index contributed by atoms with van der Waals surface area (Å²) in [6.45, 7) is 11.1. The normalized spacial score (nSPS) is 16.9. The van der Waals surface area contributed by atoms with Gasteiger partial charge in [0.15, 0.2) is 0 Å². The van der Waals surface area contributed by atoms with E-state index in [1.807, 2.05) is 39.8 Å². The van der Waals surface area contributed by atoms with E-state index in [0.29, 0.717) is 29.2 Å². The minimum Gasteiger partial charge on any atom is -0.495 e. The molecule has 184 valence electrons. The van der Waals surface area contributed by atoms with Crippen LogP contribution in [0.4, 0.5) is 5.69 Å². The molecule has 1 amide bonds. The van der Waals surface area contributed by atoms with E-state index in [9.17, 15) is 4.79 Å². The van der Waals surface area contributed by atoms with E-state index < -0.39 is 5.91 Å². The molecule has 0 saturated heterocycles. The first-order valence-corrected chi connectivity index (χ1v) is 10.9. The van der Waals surface area contributed by atoms with E-state index in [1.165, 1.54) is 7.11 Å². The van der Waals surface area contributed by atoms with Gasteiger partial charge >= 0.3 is 0 Å². The zero-order valence-electron chi connectivity index (χ0n) is 21.0. The zero-order valence-corrected chi connectivity index (χ0v) is 21.0. The molecule has 1 aromatic carbocycles. The fourth-order valence-electron chi connectivity index (χ4n) is 3.00. The number of rotatable bonds is 9. The standard InChI is InChI=1S/C26H32N6O3/c1-15(13-21(27)19(5)34-6)18(4)29-32-24-14-17(3)23(10-11-25(24)35-7)31-30-22-9-8-20(26(28)33)12-16(22)2/h8-9,11-14,27,30H,5,10H2,1-4,6-7H3,(H2,28,33). The lowest BCUT2D eigenvalue weighted by molar-refractivity contribution is 0.1000. The van der Waals surface area contributed by atoms with Crippen molar-refractivity contribution in [2.45, 2.75) is 34.1 Å². The summed E-state index contributed by atoms with van der Waals surface area (Å²) in [6.07, 6.45) is 5.89. The third-order valence-corrected chi connectivity index (χ3v) is 5.37. The maximum Gasteiger partial charge on any atom is 0.248 e. The molecule has 4 N–H and O–H groups in total. The second-order valence-electron chi connectivity index (χ2n) is 7.91. The van der Waals surface area contributed by atoms with Crippen molar-refractivity contribution in [1.29, 1.82) is 5.41 Å². The number of nitrogens with one attached hydrogen (secondary N) is 2.